The predicted octanol–water partition coefficient (Wildman–Crippen LogP) is 5.16. The molecule has 148 valence electrons. The molecule has 0 fully saturated rings. The van der Waals surface area contributed by atoms with E-state index in [2.05, 4.69) is 14.8 Å². The third kappa shape index (κ3) is 3.71. The smallest absolute Gasteiger partial charge is 0.269 e. The Morgan fingerprint density at radius 2 is 2.00 bits per heavy atom. The van der Waals surface area contributed by atoms with E-state index in [0.717, 1.165) is 29.1 Å². The fourth-order valence-electron chi connectivity index (χ4n) is 3.69. The molecule has 0 amide bonds. The molecule has 0 bridgehead atoms. The maximum Gasteiger partial charge on any atom is 0.269 e. The maximum atomic E-state index is 11.3. The average Bonchev–Trinajstić information content (AvgIpc) is 3.19. The molecule has 1 aliphatic heterocycles. The third-order valence-corrected chi connectivity index (χ3v) is 5.95. The number of non-ortho nitro benzene ring substituents is 1. The Balaban J connectivity index is 1.72. The summed E-state index contributed by atoms with van der Waals surface area (Å²) in [5.74, 6) is 0. The number of fused-ring (bicyclic) bond motifs is 1. The fraction of sp³-hybridized carbons (Fsp3) is 0.190. The zero-order valence-electron chi connectivity index (χ0n) is 15.7. The molecular formula is C21H19ClN4O2S. The number of nitrogens with one attached hydrogen (secondary N) is 1. The molecule has 1 aromatic heterocycles. The number of anilines is 1. The van der Waals surface area contributed by atoms with Crippen molar-refractivity contribution in [3.05, 3.63) is 92.8 Å². The molecular weight excluding hydrogens is 408 g/mol. The lowest BCUT2D eigenvalue weighted by molar-refractivity contribution is -0.384. The van der Waals surface area contributed by atoms with Gasteiger partial charge in [0, 0.05) is 47.8 Å². The number of thiocarbonyl (C=S) groups is 1. The van der Waals surface area contributed by atoms with Crippen LogP contribution < -0.4 is 5.32 Å². The molecule has 2 heterocycles. The van der Waals surface area contributed by atoms with Crippen LogP contribution in [-0.2, 0) is 6.54 Å². The molecule has 0 aliphatic carbocycles. The first-order valence-corrected chi connectivity index (χ1v) is 9.96. The van der Waals surface area contributed by atoms with Gasteiger partial charge in [0.2, 0.25) is 0 Å². The number of benzene rings is 2. The Labute approximate surface area is 178 Å². The van der Waals surface area contributed by atoms with Crippen LogP contribution in [0.15, 0.2) is 60.8 Å². The van der Waals surface area contributed by atoms with E-state index in [1.165, 1.54) is 6.07 Å². The van der Waals surface area contributed by atoms with Crippen molar-refractivity contribution in [3.8, 4) is 0 Å². The van der Waals surface area contributed by atoms with Crippen LogP contribution in [0.25, 0.3) is 0 Å². The molecule has 0 spiro atoms. The second kappa shape index (κ2) is 7.85. The molecule has 6 nitrogen and oxygen atoms in total. The molecule has 1 atom stereocenters. The van der Waals surface area contributed by atoms with E-state index in [0.29, 0.717) is 16.7 Å². The second-order valence-corrected chi connectivity index (χ2v) is 7.71. The minimum absolute atomic E-state index is 0.0655. The molecule has 8 heteroatoms. The quantitative estimate of drug-likeness (QED) is 0.356. The van der Waals surface area contributed by atoms with Gasteiger partial charge in [-0.05, 0) is 54.5 Å². The third-order valence-electron chi connectivity index (χ3n) is 5.21. The van der Waals surface area contributed by atoms with Crippen LogP contribution in [0.1, 0.15) is 22.9 Å². The van der Waals surface area contributed by atoms with Gasteiger partial charge in [0.25, 0.3) is 5.69 Å². The second-order valence-electron chi connectivity index (χ2n) is 6.92. The lowest BCUT2D eigenvalue weighted by atomic mass is 10.00. The van der Waals surface area contributed by atoms with Crippen molar-refractivity contribution >= 4 is 40.3 Å². The van der Waals surface area contributed by atoms with Gasteiger partial charge in [-0.1, -0.05) is 29.8 Å². The van der Waals surface area contributed by atoms with E-state index >= 15 is 0 Å². The van der Waals surface area contributed by atoms with Crippen LogP contribution in [0.4, 0.5) is 11.4 Å². The number of nitro groups is 1. The van der Waals surface area contributed by atoms with E-state index in [1.54, 1.807) is 12.1 Å². The van der Waals surface area contributed by atoms with Crippen molar-refractivity contribution in [3.63, 3.8) is 0 Å². The number of hydrogen-bond donors (Lipinski definition) is 1. The zero-order valence-corrected chi connectivity index (χ0v) is 17.3. The molecule has 4 rings (SSSR count). The SMILES string of the molecule is Cc1c(Cl)cccc1NC(=S)N1CCn2cccc2C1c1cccc([N+](=O)[O-])c1. The average molecular weight is 427 g/mol. The van der Waals surface area contributed by atoms with Crippen LogP contribution >= 0.6 is 23.8 Å². The van der Waals surface area contributed by atoms with Gasteiger partial charge in [0.1, 0.15) is 0 Å². The van der Waals surface area contributed by atoms with E-state index in [1.807, 2.05) is 49.5 Å². The number of halogens is 1. The van der Waals surface area contributed by atoms with Crippen LogP contribution in [0.3, 0.4) is 0 Å². The van der Waals surface area contributed by atoms with Gasteiger partial charge in [-0.2, -0.15) is 0 Å². The van der Waals surface area contributed by atoms with E-state index in [9.17, 15) is 10.1 Å². The van der Waals surface area contributed by atoms with Crippen molar-refractivity contribution in [2.24, 2.45) is 0 Å². The van der Waals surface area contributed by atoms with Crippen molar-refractivity contribution in [1.29, 1.82) is 0 Å². The van der Waals surface area contributed by atoms with Gasteiger partial charge in [-0.3, -0.25) is 10.1 Å². The number of nitro benzene ring substituents is 1. The van der Waals surface area contributed by atoms with Crippen LogP contribution in [-0.4, -0.2) is 26.0 Å². The Morgan fingerprint density at radius 3 is 2.79 bits per heavy atom. The van der Waals surface area contributed by atoms with Crippen molar-refractivity contribution in [1.82, 2.24) is 9.47 Å². The number of rotatable bonds is 3. The first-order valence-electron chi connectivity index (χ1n) is 9.18. The first kappa shape index (κ1) is 19.4. The Hall–Kier alpha value is -2.90. The van der Waals surface area contributed by atoms with Crippen LogP contribution in [0, 0.1) is 17.0 Å². The standard InChI is InChI=1S/C21H19ClN4O2S/c1-14-17(22)7-3-8-18(14)23-21(29)25-12-11-24-10-4-9-19(24)20(25)15-5-2-6-16(13-15)26(27)28/h2-10,13,20H,11-12H2,1H3,(H,23,29). The maximum absolute atomic E-state index is 11.3. The molecule has 0 saturated heterocycles. The Morgan fingerprint density at radius 1 is 1.21 bits per heavy atom. The minimum Gasteiger partial charge on any atom is -0.348 e. The summed E-state index contributed by atoms with van der Waals surface area (Å²) in [5, 5.41) is 15.8. The highest BCUT2D eigenvalue weighted by molar-refractivity contribution is 7.80. The first-order chi connectivity index (χ1) is 14.0. The van der Waals surface area contributed by atoms with Gasteiger partial charge >= 0.3 is 0 Å². The molecule has 0 saturated carbocycles. The number of hydrogen-bond acceptors (Lipinski definition) is 3. The fourth-order valence-corrected chi connectivity index (χ4v) is 4.17. The Kier molecular flexibility index (Phi) is 5.25. The summed E-state index contributed by atoms with van der Waals surface area (Å²) in [6.45, 7) is 3.40. The molecule has 1 unspecified atom stereocenters. The normalized spacial score (nSPS) is 15.7. The van der Waals surface area contributed by atoms with Crippen LogP contribution in [0.5, 0.6) is 0 Å². The van der Waals surface area contributed by atoms with Gasteiger partial charge in [-0.25, -0.2) is 0 Å². The van der Waals surface area contributed by atoms with Gasteiger partial charge in [0.05, 0.1) is 11.0 Å². The molecule has 1 aliphatic rings. The Bertz CT molecular complexity index is 1100. The summed E-state index contributed by atoms with van der Waals surface area (Å²) in [6.07, 6.45) is 2.02. The summed E-state index contributed by atoms with van der Waals surface area (Å²) < 4.78 is 2.16. The minimum atomic E-state index is -0.373. The highest BCUT2D eigenvalue weighted by Gasteiger charge is 2.31. The topological polar surface area (TPSA) is 63.3 Å². The number of nitrogens with zero attached hydrogens (tertiary/aromatic N) is 3. The van der Waals surface area contributed by atoms with Crippen molar-refractivity contribution < 1.29 is 4.92 Å². The molecule has 0 radical (unpaired) electrons. The summed E-state index contributed by atoms with van der Waals surface area (Å²) in [7, 11) is 0. The molecule has 2 aromatic carbocycles. The van der Waals surface area contributed by atoms with E-state index in [4.69, 9.17) is 23.8 Å². The zero-order chi connectivity index (χ0) is 20.5. The summed E-state index contributed by atoms with van der Waals surface area (Å²) in [5.41, 5.74) is 3.70. The van der Waals surface area contributed by atoms with Crippen molar-refractivity contribution in [2.45, 2.75) is 19.5 Å². The number of aromatic nitrogens is 1. The molecule has 3 aromatic rings. The van der Waals surface area contributed by atoms with Gasteiger partial charge in [0.15, 0.2) is 5.11 Å². The summed E-state index contributed by atoms with van der Waals surface area (Å²) in [6, 6.07) is 16.2. The van der Waals surface area contributed by atoms with Gasteiger partial charge in [-0.15, -0.1) is 0 Å². The van der Waals surface area contributed by atoms with E-state index < -0.39 is 0 Å². The predicted molar refractivity (Wildman–Crippen MR) is 118 cm³/mol. The monoisotopic (exact) mass is 426 g/mol. The molecule has 29 heavy (non-hydrogen) atoms. The molecule has 1 N–H and O–H groups in total. The highest BCUT2D eigenvalue weighted by atomic mass is 35.5. The summed E-state index contributed by atoms with van der Waals surface area (Å²) >= 11 is 12.0. The van der Waals surface area contributed by atoms with Crippen LogP contribution in [0.2, 0.25) is 5.02 Å². The largest absolute Gasteiger partial charge is 0.348 e. The van der Waals surface area contributed by atoms with Gasteiger partial charge < -0.3 is 14.8 Å². The summed E-state index contributed by atoms with van der Waals surface area (Å²) in [4.78, 5) is 13.0. The lowest BCUT2D eigenvalue weighted by Gasteiger charge is -2.39. The van der Waals surface area contributed by atoms with E-state index in [-0.39, 0.29) is 16.7 Å². The lowest BCUT2D eigenvalue weighted by Crippen LogP contribution is -2.44. The van der Waals surface area contributed by atoms with Crippen molar-refractivity contribution in [2.75, 3.05) is 11.9 Å². The highest BCUT2D eigenvalue weighted by Crippen LogP contribution is 2.34.